The smallest absolute Gasteiger partial charge is 0.150 e. The molecule has 1 heteroatoms. The third-order valence-electron chi connectivity index (χ3n) is 4.52. The Bertz CT molecular complexity index is 785. The van der Waals surface area contributed by atoms with Gasteiger partial charge in [-0.2, -0.15) is 0 Å². The molecule has 0 N–H and O–H groups in total. The fourth-order valence-corrected chi connectivity index (χ4v) is 3.45. The Hall–Kier alpha value is -2.67. The normalized spacial score (nSPS) is 12.7. The van der Waals surface area contributed by atoms with Gasteiger partial charge in [0.25, 0.3) is 0 Å². The lowest BCUT2D eigenvalue weighted by Crippen LogP contribution is -2.01. The highest BCUT2D eigenvalue weighted by Gasteiger charge is 2.27. The zero-order valence-electron chi connectivity index (χ0n) is 12.2. The second-order valence-electron chi connectivity index (χ2n) is 5.79. The lowest BCUT2D eigenvalue weighted by atomic mass is 9.90. The molecule has 0 fully saturated rings. The molecule has 22 heavy (non-hydrogen) atoms. The van der Waals surface area contributed by atoms with E-state index in [1.54, 1.807) is 0 Å². The van der Waals surface area contributed by atoms with Crippen molar-refractivity contribution in [1.82, 2.24) is 0 Å². The van der Waals surface area contributed by atoms with E-state index in [2.05, 4.69) is 60.7 Å². The number of rotatable bonds is 3. The highest BCUT2D eigenvalue weighted by atomic mass is 16.1. The minimum Gasteiger partial charge on any atom is -0.298 e. The second kappa shape index (κ2) is 5.27. The van der Waals surface area contributed by atoms with Crippen molar-refractivity contribution in [1.29, 1.82) is 0 Å². The van der Waals surface area contributed by atoms with Crippen molar-refractivity contribution in [3.8, 4) is 11.1 Å². The summed E-state index contributed by atoms with van der Waals surface area (Å²) in [6.07, 6.45) is 1.86. The summed E-state index contributed by atoms with van der Waals surface area (Å²) in [5.41, 5.74) is 7.52. The third-order valence-corrected chi connectivity index (χ3v) is 4.52. The molecule has 0 spiro atoms. The number of hydrogen-bond donors (Lipinski definition) is 0. The van der Waals surface area contributed by atoms with E-state index in [0.29, 0.717) is 5.92 Å². The van der Waals surface area contributed by atoms with Crippen molar-refractivity contribution < 1.29 is 4.79 Å². The Balaban J connectivity index is 1.76. The van der Waals surface area contributed by atoms with Gasteiger partial charge < -0.3 is 0 Å². The van der Waals surface area contributed by atoms with Gasteiger partial charge in [-0.15, -0.1) is 0 Å². The number of carbonyl (C=O) groups is 1. The molecular weight excluding hydrogens is 268 g/mol. The molecule has 0 bridgehead atoms. The van der Waals surface area contributed by atoms with Crippen molar-refractivity contribution in [2.24, 2.45) is 0 Å². The Labute approximate surface area is 130 Å². The van der Waals surface area contributed by atoms with Crippen LogP contribution in [0.15, 0.2) is 72.8 Å². The molecule has 1 aliphatic carbocycles. The molecule has 0 saturated carbocycles. The van der Waals surface area contributed by atoms with Gasteiger partial charge in [0.1, 0.15) is 6.29 Å². The molecule has 0 unspecified atom stereocenters. The molecule has 0 heterocycles. The summed E-state index contributed by atoms with van der Waals surface area (Å²) >= 11 is 0. The Morgan fingerprint density at radius 2 is 1.27 bits per heavy atom. The zero-order valence-corrected chi connectivity index (χ0v) is 12.2. The van der Waals surface area contributed by atoms with E-state index in [4.69, 9.17) is 0 Å². The maximum absolute atomic E-state index is 10.8. The van der Waals surface area contributed by atoms with Crippen LogP contribution in [0.25, 0.3) is 11.1 Å². The van der Waals surface area contributed by atoms with Crippen molar-refractivity contribution >= 4 is 6.29 Å². The Morgan fingerprint density at radius 1 is 0.727 bits per heavy atom. The van der Waals surface area contributed by atoms with Crippen molar-refractivity contribution in [2.75, 3.05) is 0 Å². The molecule has 4 rings (SSSR count). The van der Waals surface area contributed by atoms with Crippen molar-refractivity contribution in [2.45, 2.75) is 12.3 Å². The molecule has 0 aliphatic heterocycles. The van der Waals surface area contributed by atoms with Gasteiger partial charge in [-0.3, -0.25) is 4.79 Å². The first-order valence-corrected chi connectivity index (χ1v) is 7.59. The summed E-state index contributed by atoms with van der Waals surface area (Å²) in [5, 5.41) is 0. The van der Waals surface area contributed by atoms with Crippen LogP contribution in [0.3, 0.4) is 0 Å². The molecule has 3 aromatic rings. The molecule has 1 nitrogen and oxygen atoms in total. The lowest BCUT2D eigenvalue weighted by Gasteiger charge is -2.14. The first kappa shape index (κ1) is 13.0. The van der Waals surface area contributed by atoms with Crippen LogP contribution in [0, 0.1) is 0 Å². The van der Waals surface area contributed by atoms with Gasteiger partial charge in [0, 0.05) is 11.5 Å². The topological polar surface area (TPSA) is 17.1 Å². The van der Waals surface area contributed by atoms with Gasteiger partial charge >= 0.3 is 0 Å². The van der Waals surface area contributed by atoms with E-state index >= 15 is 0 Å². The lowest BCUT2D eigenvalue weighted by molar-refractivity contribution is 0.112. The number of benzene rings is 3. The van der Waals surface area contributed by atoms with E-state index in [1.165, 1.54) is 27.8 Å². The number of aldehydes is 1. The van der Waals surface area contributed by atoms with E-state index < -0.39 is 0 Å². The van der Waals surface area contributed by atoms with Crippen LogP contribution in [0.1, 0.15) is 33.0 Å². The summed E-state index contributed by atoms with van der Waals surface area (Å²) in [6.45, 7) is 0. The van der Waals surface area contributed by atoms with Crippen LogP contribution in [-0.4, -0.2) is 6.29 Å². The average molecular weight is 284 g/mol. The Kier molecular flexibility index (Phi) is 3.12. The second-order valence-corrected chi connectivity index (χ2v) is 5.79. The van der Waals surface area contributed by atoms with Crippen LogP contribution >= 0.6 is 0 Å². The van der Waals surface area contributed by atoms with Crippen LogP contribution in [0.5, 0.6) is 0 Å². The van der Waals surface area contributed by atoms with E-state index in [1.807, 2.05) is 12.1 Å². The van der Waals surface area contributed by atoms with Crippen LogP contribution in [0.4, 0.5) is 0 Å². The maximum atomic E-state index is 10.8. The molecule has 0 radical (unpaired) electrons. The molecule has 1 aliphatic rings. The molecule has 0 amide bonds. The van der Waals surface area contributed by atoms with Crippen molar-refractivity contribution in [3.63, 3.8) is 0 Å². The fourth-order valence-electron chi connectivity index (χ4n) is 3.45. The monoisotopic (exact) mass is 284 g/mol. The van der Waals surface area contributed by atoms with E-state index in [9.17, 15) is 4.79 Å². The number of hydrogen-bond acceptors (Lipinski definition) is 1. The van der Waals surface area contributed by atoms with Gasteiger partial charge in [-0.25, -0.2) is 0 Å². The summed E-state index contributed by atoms with van der Waals surface area (Å²) in [6, 6.07) is 25.3. The SMILES string of the molecule is O=Cc1ccc(CC2c3ccccc3-c3ccccc32)cc1. The molecule has 0 saturated heterocycles. The first-order chi connectivity index (χ1) is 10.9. The predicted octanol–water partition coefficient (Wildman–Crippen LogP) is 4.85. The standard InChI is InChI=1S/C21H16O/c22-14-16-11-9-15(10-12-16)13-21-19-7-3-1-5-17(19)18-6-2-4-8-20(18)21/h1-12,14,21H,13H2. The first-order valence-electron chi connectivity index (χ1n) is 7.59. The summed E-state index contributed by atoms with van der Waals surface area (Å²) in [7, 11) is 0. The third kappa shape index (κ3) is 2.06. The van der Waals surface area contributed by atoms with Gasteiger partial charge in [-0.1, -0.05) is 72.8 Å². The van der Waals surface area contributed by atoms with Crippen molar-refractivity contribution in [3.05, 3.63) is 95.1 Å². The maximum Gasteiger partial charge on any atom is 0.150 e. The summed E-state index contributed by atoms with van der Waals surface area (Å²) in [5.74, 6) is 0.398. The van der Waals surface area contributed by atoms with Gasteiger partial charge in [0.15, 0.2) is 0 Å². The molecule has 106 valence electrons. The summed E-state index contributed by atoms with van der Waals surface area (Å²) in [4.78, 5) is 10.8. The van der Waals surface area contributed by atoms with Gasteiger partial charge in [0.05, 0.1) is 0 Å². The molecule has 0 atom stereocenters. The molecule has 0 aromatic heterocycles. The zero-order chi connectivity index (χ0) is 14.9. The summed E-state index contributed by atoms with van der Waals surface area (Å²) < 4.78 is 0. The molecule has 3 aromatic carbocycles. The number of carbonyl (C=O) groups excluding carboxylic acids is 1. The van der Waals surface area contributed by atoms with Crippen LogP contribution in [-0.2, 0) is 6.42 Å². The quantitative estimate of drug-likeness (QED) is 0.628. The Morgan fingerprint density at radius 3 is 1.82 bits per heavy atom. The predicted molar refractivity (Wildman–Crippen MR) is 89.3 cm³/mol. The van der Waals surface area contributed by atoms with Crippen LogP contribution in [0.2, 0.25) is 0 Å². The van der Waals surface area contributed by atoms with Crippen LogP contribution < -0.4 is 0 Å². The van der Waals surface area contributed by atoms with Gasteiger partial charge in [-0.05, 0) is 34.2 Å². The minimum absolute atomic E-state index is 0.398. The average Bonchev–Trinajstić information content (AvgIpc) is 2.90. The largest absolute Gasteiger partial charge is 0.298 e. The van der Waals surface area contributed by atoms with Gasteiger partial charge in [0.2, 0.25) is 0 Å². The highest BCUT2D eigenvalue weighted by Crippen LogP contribution is 2.45. The fraction of sp³-hybridized carbons (Fsp3) is 0.0952. The minimum atomic E-state index is 0.398. The molecular formula is C21H16O. The van der Waals surface area contributed by atoms with E-state index in [0.717, 1.165) is 18.3 Å². The number of fused-ring (bicyclic) bond motifs is 3. The van der Waals surface area contributed by atoms with E-state index in [-0.39, 0.29) is 0 Å². The highest BCUT2D eigenvalue weighted by molar-refractivity contribution is 5.79.